The summed E-state index contributed by atoms with van der Waals surface area (Å²) >= 11 is 0. The number of imidazole rings is 1. The van der Waals surface area contributed by atoms with Crippen LogP contribution in [-0.4, -0.2) is 27.2 Å². The van der Waals surface area contributed by atoms with Crippen molar-refractivity contribution in [2.45, 2.75) is 25.4 Å². The van der Waals surface area contributed by atoms with Gasteiger partial charge in [-0.3, -0.25) is 4.57 Å². The predicted octanol–water partition coefficient (Wildman–Crippen LogP) is 4.45. The second-order valence-corrected chi connectivity index (χ2v) is 6.81. The highest BCUT2D eigenvalue weighted by Crippen LogP contribution is 2.31. The van der Waals surface area contributed by atoms with Crippen molar-refractivity contribution in [1.82, 2.24) is 9.55 Å². The van der Waals surface area contributed by atoms with Gasteiger partial charge in [-0.05, 0) is 39.8 Å². The molecule has 0 unspecified atom stereocenters. The van der Waals surface area contributed by atoms with Crippen molar-refractivity contribution >= 4 is 5.82 Å². The number of alkyl halides is 3. The summed E-state index contributed by atoms with van der Waals surface area (Å²) in [5.41, 5.74) is 1.59. The lowest BCUT2D eigenvalue weighted by molar-refractivity contribution is -0.389. The van der Waals surface area contributed by atoms with Crippen LogP contribution in [0.5, 0.6) is 6.01 Å². The minimum absolute atomic E-state index is 0.186. The molecule has 7 nitrogen and oxygen atoms in total. The van der Waals surface area contributed by atoms with Crippen molar-refractivity contribution in [1.29, 1.82) is 0 Å². The molecular formula is C20H16F3N3O4. The number of rotatable bonds is 5. The summed E-state index contributed by atoms with van der Waals surface area (Å²) in [6, 6.07) is 12.5. The molecule has 0 spiro atoms. The Bertz CT molecular complexity index is 1060. The quantitative estimate of drug-likeness (QED) is 0.451. The van der Waals surface area contributed by atoms with Crippen LogP contribution in [0.2, 0.25) is 0 Å². The monoisotopic (exact) mass is 419 g/mol. The number of nitrogens with zero attached hydrogens (tertiary/aromatic N) is 3. The van der Waals surface area contributed by atoms with Crippen LogP contribution in [0.1, 0.15) is 11.1 Å². The smallest absolute Gasteiger partial charge is 0.416 e. The van der Waals surface area contributed by atoms with Gasteiger partial charge in [-0.2, -0.15) is 13.2 Å². The molecule has 10 heteroatoms. The standard InChI is InChI=1S/C20H16F3N3O4/c21-20(22,23)16-6-4-14(5-7-16)15-3-1-2-13(8-15)11-29-17-9-25-10-18(26(27)28)24-19(25)30-12-17/h1-8,10,17H,9,11-12H2/t17-/m0/s1. The van der Waals surface area contributed by atoms with Gasteiger partial charge in [-0.25, -0.2) is 0 Å². The fourth-order valence-electron chi connectivity index (χ4n) is 3.17. The van der Waals surface area contributed by atoms with Gasteiger partial charge in [0.15, 0.2) is 0 Å². The summed E-state index contributed by atoms with van der Waals surface area (Å²) in [5.74, 6) is -0.283. The summed E-state index contributed by atoms with van der Waals surface area (Å²) in [5, 5.41) is 10.8. The molecule has 0 amide bonds. The van der Waals surface area contributed by atoms with E-state index >= 15 is 0 Å². The molecule has 0 aliphatic carbocycles. The number of benzene rings is 2. The van der Waals surface area contributed by atoms with Crippen LogP contribution < -0.4 is 4.74 Å². The number of nitro groups is 1. The molecule has 2 heterocycles. The first-order valence-corrected chi connectivity index (χ1v) is 9.02. The van der Waals surface area contributed by atoms with E-state index in [2.05, 4.69) is 4.98 Å². The third kappa shape index (κ3) is 4.28. The number of fused-ring (bicyclic) bond motifs is 1. The number of aromatic nitrogens is 2. The van der Waals surface area contributed by atoms with Crippen molar-refractivity contribution < 1.29 is 27.6 Å². The number of hydrogen-bond donors (Lipinski definition) is 0. The summed E-state index contributed by atoms with van der Waals surface area (Å²) in [4.78, 5) is 14.0. The van der Waals surface area contributed by atoms with Gasteiger partial charge in [0, 0.05) is 4.98 Å². The van der Waals surface area contributed by atoms with E-state index in [1.807, 2.05) is 18.2 Å². The van der Waals surface area contributed by atoms with Crippen LogP contribution in [0.25, 0.3) is 11.1 Å². The van der Waals surface area contributed by atoms with E-state index in [9.17, 15) is 23.3 Å². The maximum absolute atomic E-state index is 12.7. The Balaban J connectivity index is 1.41. The number of halogens is 3. The van der Waals surface area contributed by atoms with E-state index in [1.165, 1.54) is 22.9 Å². The second-order valence-electron chi connectivity index (χ2n) is 6.81. The van der Waals surface area contributed by atoms with E-state index < -0.39 is 16.7 Å². The van der Waals surface area contributed by atoms with Gasteiger partial charge in [0.25, 0.3) is 0 Å². The first-order valence-electron chi connectivity index (χ1n) is 9.02. The van der Waals surface area contributed by atoms with Crippen molar-refractivity contribution in [3.63, 3.8) is 0 Å². The van der Waals surface area contributed by atoms with E-state index in [-0.39, 0.29) is 31.1 Å². The molecule has 2 aromatic carbocycles. The third-order valence-electron chi connectivity index (χ3n) is 4.67. The Hall–Kier alpha value is -3.40. The van der Waals surface area contributed by atoms with Gasteiger partial charge in [-0.15, -0.1) is 0 Å². The number of hydrogen-bond acceptors (Lipinski definition) is 5. The van der Waals surface area contributed by atoms with Crippen molar-refractivity contribution in [2.24, 2.45) is 0 Å². The highest BCUT2D eigenvalue weighted by Gasteiger charge is 2.30. The first-order chi connectivity index (χ1) is 14.3. The Morgan fingerprint density at radius 3 is 2.67 bits per heavy atom. The van der Waals surface area contributed by atoms with Crippen molar-refractivity contribution in [3.05, 3.63) is 76.0 Å². The Morgan fingerprint density at radius 1 is 1.20 bits per heavy atom. The molecule has 1 atom stereocenters. The minimum atomic E-state index is -4.37. The molecule has 0 fully saturated rings. The van der Waals surface area contributed by atoms with Crippen LogP contribution >= 0.6 is 0 Å². The van der Waals surface area contributed by atoms with Crippen LogP contribution in [0, 0.1) is 10.1 Å². The largest absolute Gasteiger partial charge is 0.443 e. The molecule has 30 heavy (non-hydrogen) atoms. The van der Waals surface area contributed by atoms with Crippen LogP contribution in [0.3, 0.4) is 0 Å². The second kappa shape index (κ2) is 7.79. The summed E-state index contributed by atoms with van der Waals surface area (Å²) in [6.45, 7) is 0.843. The average Bonchev–Trinajstić information content (AvgIpc) is 3.16. The topological polar surface area (TPSA) is 79.4 Å². The molecule has 0 bridgehead atoms. The lowest BCUT2D eigenvalue weighted by Gasteiger charge is -2.22. The normalized spacial score (nSPS) is 16.0. The van der Waals surface area contributed by atoms with Crippen LogP contribution in [-0.2, 0) is 24.1 Å². The molecule has 0 radical (unpaired) electrons. The van der Waals surface area contributed by atoms with Gasteiger partial charge in [-0.1, -0.05) is 30.3 Å². The molecule has 1 aliphatic heterocycles. The zero-order chi connectivity index (χ0) is 21.3. The zero-order valence-electron chi connectivity index (χ0n) is 15.5. The first kappa shape index (κ1) is 19.9. The lowest BCUT2D eigenvalue weighted by atomic mass is 10.0. The van der Waals surface area contributed by atoms with Crippen LogP contribution in [0.15, 0.2) is 54.7 Å². The van der Waals surface area contributed by atoms with E-state index in [0.29, 0.717) is 12.1 Å². The molecule has 0 N–H and O–H groups in total. The Morgan fingerprint density at radius 2 is 1.97 bits per heavy atom. The predicted molar refractivity (Wildman–Crippen MR) is 99.8 cm³/mol. The Labute approximate surface area is 168 Å². The summed E-state index contributed by atoms with van der Waals surface area (Å²) in [6.07, 6.45) is -3.39. The fourth-order valence-corrected chi connectivity index (χ4v) is 3.17. The van der Waals surface area contributed by atoms with Gasteiger partial charge in [0.1, 0.15) is 18.9 Å². The molecule has 1 aliphatic rings. The van der Waals surface area contributed by atoms with Gasteiger partial charge in [0.05, 0.1) is 18.7 Å². The molecular weight excluding hydrogens is 403 g/mol. The molecule has 1 aromatic heterocycles. The maximum Gasteiger partial charge on any atom is 0.416 e. The summed E-state index contributed by atoms with van der Waals surface area (Å²) < 4.78 is 51.0. The van der Waals surface area contributed by atoms with Crippen molar-refractivity contribution in [3.8, 4) is 17.1 Å². The SMILES string of the molecule is O=[N+]([O-])c1cn2c(n1)OC[C@@H](OCc1cccc(-c3ccc(C(F)(F)F)cc3)c1)C2. The van der Waals surface area contributed by atoms with Gasteiger partial charge in [0.2, 0.25) is 0 Å². The number of ether oxygens (including phenoxy) is 2. The fraction of sp³-hybridized carbons (Fsp3) is 0.250. The molecule has 4 rings (SSSR count). The van der Waals surface area contributed by atoms with Gasteiger partial charge < -0.3 is 19.6 Å². The molecule has 0 saturated heterocycles. The zero-order valence-corrected chi connectivity index (χ0v) is 15.5. The third-order valence-corrected chi connectivity index (χ3v) is 4.67. The summed E-state index contributed by atoms with van der Waals surface area (Å²) in [7, 11) is 0. The van der Waals surface area contributed by atoms with E-state index in [4.69, 9.17) is 9.47 Å². The highest BCUT2D eigenvalue weighted by atomic mass is 19.4. The highest BCUT2D eigenvalue weighted by molar-refractivity contribution is 5.64. The minimum Gasteiger partial charge on any atom is -0.443 e. The maximum atomic E-state index is 12.7. The van der Waals surface area contributed by atoms with Gasteiger partial charge >= 0.3 is 18.0 Å². The molecule has 0 saturated carbocycles. The van der Waals surface area contributed by atoms with Crippen molar-refractivity contribution in [2.75, 3.05) is 6.61 Å². The Kier molecular flexibility index (Phi) is 5.17. The van der Waals surface area contributed by atoms with E-state index in [0.717, 1.165) is 23.3 Å². The van der Waals surface area contributed by atoms with E-state index in [1.54, 1.807) is 6.07 Å². The van der Waals surface area contributed by atoms with Crippen LogP contribution in [0.4, 0.5) is 19.0 Å². The molecule has 3 aromatic rings. The average molecular weight is 419 g/mol. The molecule has 156 valence electrons. The lowest BCUT2D eigenvalue weighted by Crippen LogP contribution is -2.32.